The minimum Gasteiger partial charge on any atom is -0.455 e. The van der Waals surface area contributed by atoms with Gasteiger partial charge in [0.15, 0.2) is 22.9 Å². The lowest BCUT2D eigenvalue weighted by Crippen LogP contribution is -1.91. The van der Waals surface area contributed by atoms with Gasteiger partial charge in [0.1, 0.15) is 11.5 Å². The molecule has 126 valence electrons. The molecule has 0 saturated carbocycles. The highest BCUT2D eigenvalue weighted by atomic mass is 16.5. The van der Waals surface area contributed by atoms with Gasteiger partial charge in [-0.3, -0.25) is 0 Å². The van der Waals surface area contributed by atoms with Crippen molar-refractivity contribution < 1.29 is 9.47 Å². The maximum absolute atomic E-state index is 7.29. The summed E-state index contributed by atoms with van der Waals surface area (Å²) in [5.74, 6) is 2.06. The third kappa shape index (κ3) is 3.83. The molecular weight excluding hydrogens is 324 g/mol. The van der Waals surface area contributed by atoms with Crippen molar-refractivity contribution in [3.8, 4) is 23.0 Å². The Hall–Kier alpha value is -3.76. The van der Waals surface area contributed by atoms with E-state index in [9.17, 15) is 0 Å². The lowest BCUT2D eigenvalue weighted by molar-refractivity contribution is 0.419. The number of rotatable bonds is 4. The van der Waals surface area contributed by atoms with Gasteiger partial charge in [0.25, 0.3) is 0 Å². The summed E-state index contributed by atoms with van der Waals surface area (Å²) in [6, 6.07) is 18.3. The van der Waals surface area contributed by atoms with Crippen molar-refractivity contribution in [1.82, 2.24) is 0 Å². The number of hydrogen-bond donors (Lipinski definition) is 0. The molecule has 0 atom stereocenters. The summed E-state index contributed by atoms with van der Waals surface area (Å²) in [7, 11) is 0. The van der Waals surface area contributed by atoms with Gasteiger partial charge in [-0.25, -0.2) is 9.69 Å². The molecule has 0 amide bonds. The molecule has 4 nitrogen and oxygen atoms in total. The Morgan fingerprint density at radius 1 is 0.615 bits per heavy atom. The van der Waals surface area contributed by atoms with Crippen molar-refractivity contribution >= 4 is 11.4 Å². The average Bonchev–Trinajstić information content (AvgIpc) is 2.66. The van der Waals surface area contributed by atoms with Crippen molar-refractivity contribution in [2.24, 2.45) is 0 Å². The monoisotopic (exact) mass is 340 g/mol. The molecule has 3 aromatic carbocycles. The molecule has 0 fully saturated rings. The molecular formula is C22H16N2O2. The Morgan fingerprint density at radius 2 is 0.962 bits per heavy atom. The van der Waals surface area contributed by atoms with Crippen molar-refractivity contribution in [3.63, 3.8) is 0 Å². The fourth-order valence-electron chi connectivity index (χ4n) is 2.34. The zero-order valence-electron chi connectivity index (χ0n) is 14.5. The Morgan fingerprint density at radius 3 is 1.27 bits per heavy atom. The zero-order chi connectivity index (χ0) is 18.5. The van der Waals surface area contributed by atoms with Crippen LogP contribution in [0.2, 0.25) is 0 Å². The Bertz CT molecular complexity index is 924. The second kappa shape index (κ2) is 7.42. The molecule has 0 spiro atoms. The largest absolute Gasteiger partial charge is 0.455 e. The first-order chi connectivity index (χ1) is 12.6. The van der Waals surface area contributed by atoms with Crippen LogP contribution in [0.25, 0.3) is 9.69 Å². The molecule has 0 saturated heterocycles. The van der Waals surface area contributed by atoms with Gasteiger partial charge in [-0.05, 0) is 50.2 Å². The van der Waals surface area contributed by atoms with Crippen LogP contribution >= 0.6 is 0 Å². The van der Waals surface area contributed by atoms with E-state index in [-0.39, 0.29) is 11.4 Å². The van der Waals surface area contributed by atoms with Gasteiger partial charge >= 0.3 is 0 Å². The summed E-state index contributed by atoms with van der Waals surface area (Å²) in [6.07, 6.45) is 0. The first-order valence-corrected chi connectivity index (χ1v) is 8.01. The van der Waals surface area contributed by atoms with Crippen LogP contribution in [0.1, 0.15) is 11.1 Å². The van der Waals surface area contributed by atoms with Crippen LogP contribution in [0.3, 0.4) is 0 Å². The van der Waals surface area contributed by atoms with Crippen molar-refractivity contribution in [2.45, 2.75) is 13.8 Å². The molecule has 3 aromatic rings. The molecule has 0 aromatic heterocycles. The quantitative estimate of drug-likeness (QED) is 0.479. The van der Waals surface area contributed by atoms with Crippen molar-refractivity contribution in [2.75, 3.05) is 0 Å². The molecule has 3 rings (SSSR count). The molecule has 0 aliphatic carbocycles. The minimum absolute atomic E-state index is 0.235. The number of nitrogens with zero attached hydrogens (tertiary/aromatic N) is 2. The van der Waals surface area contributed by atoms with Crippen LogP contribution in [0.4, 0.5) is 11.4 Å². The third-order valence-corrected chi connectivity index (χ3v) is 3.78. The molecule has 0 N–H and O–H groups in total. The maximum Gasteiger partial charge on any atom is 0.198 e. The highest BCUT2D eigenvalue weighted by Crippen LogP contribution is 2.43. The maximum atomic E-state index is 7.29. The van der Waals surface area contributed by atoms with Gasteiger partial charge in [-0.2, -0.15) is 0 Å². The summed E-state index contributed by atoms with van der Waals surface area (Å²) >= 11 is 0. The van der Waals surface area contributed by atoms with E-state index in [4.69, 9.17) is 22.6 Å². The topological polar surface area (TPSA) is 27.2 Å². The molecule has 26 heavy (non-hydrogen) atoms. The molecule has 0 bridgehead atoms. The van der Waals surface area contributed by atoms with Crippen LogP contribution in [0.15, 0.2) is 60.7 Å². The minimum atomic E-state index is 0.235. The lowest BCUT2D eigenvalue weighted by Gasteiger charge is -2.14. The molecule has 0 aliphatic rings. The fraction of sp³-hybridized carbons (Fsp3) is 0.0909. The molecule has 0 heterocycles. The second-order valence-corrected chi connectivity index (χ2v) is 5.84. The third-order valence-electron chi connectivity index (χ3n) is 3.78. The van der Waals surface area contributed by atoms with E-state index in [1.54, 1.807) is 12.1 Å². The molecule has 0 radical (unpaired) electrons. The summed E-state index contributed by atoms with van der Waals surface area (Å²) in [4.78, 5) is 6.84. The van der Waals surface area contributed by atoms with Gasteiger partial charge in [0, 0.05) is 0 Å². The second-order valence-electron chi connectivity index (χ2n) is 5.84. The first kappa shape index (κ1) is 17.1. The van der Waals surface area contributed by atoms with Crippen LogP contribution in [0, 0.1) is 27.0 Å². The zero-order valence-corrected chi connectivity index (χ0v) is 14.5. The van der Waals surface area contributed by atoms with Gasteiger partial charge < -0.3 is 9.47 Å². The molecule has 4 heteroatoms. The van der Waals surface area contributed by atoms with E-state index in [0.717, 1.165) is 11.1 Å². The first-order valence-electron chi connectivity index (χ1n) is 8.01. The van der Waals surface area contributed by atoms with Crippen LogP contribution in [-0.2, 0) is 0 Å². The van der Waals surface area contributed by atoms with E-state index in [2.05, 4.69) is 9.69 Å². The molecule has 0 aliphatic heterocycles. The average molecular weight is 340 g/mol. The normalized spacial score (nSPS) is 9.85. The summed E-state index contributed by atoms with van der Waals surface area (Å²) in [6.45, 7) is 18.6. The van der Waals surface area contributed by atoms with Gasteiger partial charge in [0.05, 0.1) is 13.1 Å². The van der Waals surface area contributed by atoms with Crippen LogP contribution in [-0.4, -0.2) is 0 Å². The summed E-state index contributed by atoms with van der Waals surface area (Å²) in [5, 5.41) is 0. The van der Waals surface area contributed by atoms with E-state index in [0.29, 0.717) is 23.0 Å². The Kier molecular flexibility index (Phi) is 4.87. The Labute approximate surface area is 152 Å². The van der Waals surface area contributed by atoms with Crippen molar-refractivity contribution in [1.29, 1.82) is 0 Å². The standard InChI is InChI=1S/C22H16N2O2/c1-15-5-9-17(10-6-15)25-21-13-19(23-3)20(24-4)14-22(21)26-18-11-7-16(2)8-12-18/h5-14H,1-2H3. The predicted molar refractivity (Wildman–Crippen MR) is 101 cm³/mol. The van der Waals surface area contributed by atoms with Crippen LogP contribution in [0.5, 0.6) is 23.0 Å². The smallest absolute Gasteiger partial charge is 0.198 e. The number of benzene rings is 3. The highest BCUT2D eigenvalue weighted by molar-refractivity contribution is 5.76. The lowest BCUT2D eigenvalue weighted by atomic mass is 10.2. The SMILES string of the molecule is [C-]#[N+]c1cc(Oc2ccc(C)cc2)c(Oc2ccc(C)cc2)cc1[N+]#[C-]. The van der Waals surface area contributed by atoms with Gasteiger partial charge in [-0.1, -0.05) is 35.4 Å². The summed E-state index contributed by atoms with van der Waals surface area (Å²) < 4.78 is 11.9. The summed E-state index contributed by atoms with van der Waals surface area (Å²) in [5.41, 5.74) is 2.72. The number of hydrogen-bond acceptors (Lipinski definition) is 2. The van der Waals surface area contributed by atoms with E-state index >= 15 is 0 Å². The van der Waals surface area contributed by atoms with E-state index in [1.807, 2.05) is 62.4 Å². The Balaban J connectivity index is 2.02. The van der Waals surface area contributed by atoms with Gasteiger partial charge in [0.2, 0.25) is 0 Å². The highest BCUT2D eigenvalue weighted by Gasteiger charge is 2.14. The fourth-order valence-corrected chi connectivity index (χ4v) is 2.34. The number of aryl methyl sites for hydroxylation is 2. The van der Waals surface area contributed by atoms with E-state index in [1.165, 1.54) is 0 Å². The van der Waals surface area contributed by atoms with Crippen molar-refractivity contribution in [3.05, 3.63) is 94.6 Å². The number of ether oxygens (including phenoxy) is 2. The van der Waals surface area contributed by atoms with Gasteiger partial charge in [-0.15, -0.1) is 0 Å². The van der Waals surface area contributed by atoms with Crippen LogP contribution < -0.4 is 9.47 Å². The molecule has 0 unspecified atom stereocenters. The van der Waals surface area contributed by atoms with E-state index < -0.39 is 0 Å². The predicted octanol–water partition coefficient (Wildman–Crippen LogP) is 6.99.